The van der Waals surface area contributed by atoms with Crippen LogP contribution in [-0.4, -0.2) is 12.2 Å². The van der Waals surface area contributed by atoms with Gasteiger partial charge < -0.3 is 9.47 Å². The lowest BCUT2D eigenvalue weighted by Gasteiger charge is -2.34. The molecule has 0 aromatic carbocycles. The maximum atomic E-state index is 6.26. The second kappa shape index (κ2) is 23.7. The van der Waals surface area contributed by atoms with Gasteiger partial charge in [0.2, 0.25) is 0 Å². The molecule has 2 heteroatoms. The monoisotopic (exact) mass is 436 g/mol. The molecule has 0 atom stereocenters. The Balaban J connectivity index is 4.36. The highest BCUT2D eigenvalue weighted by molar-refractivity contribution is 4.83. The van der Waals surface area contributed by atoms with Crippen LogP contribution in [0.5, 0.6) is 0 Å². The minimum atomic E-state index is -0.0135. The highest BCUT2D eigenvalue weighted by atomic mass is 16.5. The number of unbranched alkanes of at least 4 members (excludes halogenated alkanes) is 15. The molecule has 0 bridgehead atoms. The van der Waals surface area contributed by atoms with Crippen molar-refractivity contribution in [2.75, 3.05) is 6.61 Å². The normalized spacial score (nSPS) is 11.4. The smallest absolute Gasteiger partial charge is 0.108 e. The maximum Gasteiger partial charge on any atom is 0.108 e. The SMILES string of the molecule is C=COCCCCC(CCCCCCCCCC)(CCCCCCCCCC)OC=C. The summed E-state index contributed by atoms with van der Waals surface area (Å²) in [5, 5.41) is 0. The second-order valence-electron chi connectivity index (χ2n) is 9.41. The lowest BCUT2D eigenvalue weighted by molar-refractivity contribution is -0.00875. The fourth-order valence-electron chi connectivity index (χ4n) is 4.61. The van der Waals surface area contributed by atoms with Crippen LogP contribution in [0.4, 0.5) is 0 Å². The molecule has 0 heterocycles. The van der Waals surface area contributed by atoms with Crippen molar-refractivity contribution in [3.8, 4) is 0 Å². The molecule has 0 fully saturated rings. The van der Waals surface area contributed by atoms with E-state index < -0.39 is 0 Å². The van der Waals surface area contributed by atoms with Crippen molar-refractivity contribution in [1.82, 2.24) is 0 Å². The van der Waals surface area contributed by atoms with E-state index in [1.807, 2.05) is 0 Å². The maximum absolute atomic E-state index is 6.26. The molecule has 0 unspecified atom stereocenters. The van der Waals surface area contributed by atoms with E-state index in [1.54, 1.807) is 12.5 Å². The van der Waals surface area contributed by atoms with E-state index in [2.05, 4.69) is 27.0 Å². The first kappa shape index (κ1) is 30.1. The quantitative estimate of drug-likeness (QED) is 0.0991. The van der Waals surface area contributed by atoms with Gasteiger partial charge in [-0.05, 0) is 44.9 Å². The molecule has 0 radical (unpaired) electrons. The minimum Gasteiger partial charge on any atom is -0.502 e. The first-order valence-corrected chi connectivity index (χ1v) is 13.8. The van der Waals surface area contributed by atoms with E-state index in [0.717, 1.165) is 25.9 Å². The molecule has 0 rings (SSSR count). The van der Waals surface area contributed by atoms with E-state index in [-0.39, 0.29) is 5.60 Å². The van der Waals surface area contributed by atoms with Crippen molar-refractivity contribution in [3.05, 3.63) is 25.7 Å². The minimum absolute atomic E-state index is 0.0135. The van der Waals surface area contributed by atoms with Crippen molar-refractivity contribution < 1.29 is 9.47 Å². The Morgan fingerprint density at radius 1 is 0.516 bits per heavy atom. The van der Waals surface area contributed by atoms with Gasteiger partial charge in [0.1, 0.15) is 5.60 Å². The van der Waals surface area contributed by atoms with E-state index in [9.17, 15) is 0 Å². The fraction of sp³-hybridized carbons (Fsp3) is 0.862. The molecule has 2 nitrogen and oxygen atoms in total. The van der Waals surface area contributed by atoms with Crippen LogP contribution in [0, 0.1) is 0 Å². The van der Waals surface area contributed by atoms with Crippen LogP contribution in [-0.2, 0) is 9.47 Å². The summed E-state index contributed by atoms with van der Waals surface area (Å²) in [7, 11) is 0. The first-order chi connectivity index (χ1) is 15.2. The van der Waals surface area contributed by atoms with Gasteiger partial charge in [0.05, 0.1) is 19.1 Å². The summed E-state index contributed by atoms with van der Waals surface area (Å²) in [4.78, 5) is 0. The van der Waals surface area contributed by atoms with Crippen LogP contribution >= 0.6 is 0 Å². The Morgan fingerprint density at radius 3 is 1.29 bits per heavy atom. The fourth-order valence-corrected chi connectivity index (χ4v) is 4.61. The third-order valence-corrected chi connectivity index (χ3v) is 6.57. The Bertz CT molecular complexity index is 357. The van der Waals surface area contributed by atoms with Crippen LogP contribution in [0.25, 0.3) is 0 Å². The molecular weight excluding hydrogens is 380 g/mol. The Kier molecular flexibility index (Phi) is 23.0. The largest absolute Gasteiger partial charge is 0.502 e. The molecule has 184 valence electrons. The Labute approximate surface area is 196 Å². The van der Waals surface area contributed by atoms with Crippen molar-refractivity contribution in [1.29, 1.82) is 0 Å². The highest BCUT2D eigenvalue weighted by Crippen LogP contribution is 2.33. The molecule has 0 aromatic rings. The van der Waals surface area contributed by atoms with Gasteiger partial charge in [-0.25, -0.2) is 0 Å². The van der Waals surface area contributed by atoms with Crippen LogP contribution in [0.15, 0.2) is 25.7 Å². The molecule has 0 aliphatic rings. The van der Waals surface area contributed by atoms with Gasteiger partial charge in [-0.3, -0.25) is 0 Å². The molecule has 0 saturated heterocycles. The van der Waals surface area contributed by atoms with Gasteiger partial charge in [-0.1, -0.05) is 117 Å². The number of hydrogen-bond acceptors (Lipinski definition) is 2. The van der Waals surface area contributed by atoms with Gasteiger partial charge in [0, 0.05) is 0 Å². The molecule has 0 N–H and O–H groups in total. The molecular formula is C29H56O2. The summed E-state index contributed by atoms with van der Waals surface area (Å²) in [6.45, 7) is 12.9. The van der Waals surface area contributed by atoms with Gasteiger partial charge in [0.15, 0.2) is 0 Å². The van der Waals surface area contributed by atoms with Gasteiger partial charge in [0.25, 0.3) is 0 Å². The molecule has 0 aromatic heterocycles. The summed E-state index contributed by atoms with van der Waals surface area (Å²) in [6.07, 6.45) is 30.8. The van der Waals surface area contributed by atoms with Gasteiger partial charge in [-0.2, -0.15) is 0 Å². The first-order valence-electron chi connectivity index (χ1n) is 13.8. The van der Waals surface area contributed by atoms with Crippen molar-refractivity contribution >= 4 is 0 Å². The molecule has 31 heavy (non-hydrogen) atoms. The third kappa shape index (κ3) is 19.5. The highest BCUT2D eigenvalue weighted by Gasteiger charge is 2.29. The lowest BCUT2D eigenvalue weighted by Crippen LogP contribution is -2.31. The molecule has 0 spiro atoms. The predicted octanol–water partition coefficient (Wildman–Crippen LogP) is 10.3. The van der Waals surface area contributed by atoms with Crippen molar-refractivity contribution in [2.45, 2.75) is 154 Å². The van der Waals surface area contributed by atoms with Gasteiger partial charge >= 0.3 is 0 Å². The Morgan fingerprint density at radius 2 is 0.903 bits per heavy atom. The molecule has 0 amide bonds. The third-order valence-electron chi connectivity index (χ3n) is 6.57. The molecule has 0 aliphatic carbocycles. The summed E-state index contributed by atoms with van der Waals surface area (Å²) in [5.74, 6) is 0. The zero-order valence-corrected chi connectivity index (χ0v) is 21.4. The van der Waals surface area contributed by atoms with E-state index in [4.69, 9.17) is 9.47 Å². The molecule has 0 aliphatic heterocycles. The lowest BCUT2D eigenvalue weighted by atomic mass is 9.85. The summed E-state index contributed by atoms with van der Waals surface area (Å²) in [6, 6.07) is 0. The van der Waals surface area contributed by atoms with Crippen LogP contribution < -0.4 is 0 Å². The van der Waals surface area contributed by atoms with Crippen molar-refractivity contribution in [3.63, 3.8) is 0 Å². The zero-order chi connectivity index (χ0) is 22.9. The van der Waals surface area contributed by atoms with Crippen LogP contribution in [0.2, 0.25) is 0 Å². The summed E-state index contributed by atoms with van der Waals surface area (Å²) >= 11 is 0. The Hall–Kier alpha value is -0.920. The molecule has 0 saturated carbocycles. The van der Waals surface area contributed by atoms with E-state index >= 15 is 0 Å². The number of ether oxygens (including phenoxy) is 2. The predicted molar refractivity (Wildman–Crippen MR) is 138 cm³/mol. The van der Waals surface area contributed by atoms with Crippen LogP contribution in [0.3, 0.4) is 0 Å². The number of hydrogen-bond donors (Lipinski definition) is 0. The average molecular weight is 437 g/mol. The second-order valence-corrected chi connectivity index (χ2v) is 9.41. The standard InChI is InChI=1S/C29H56O2/c1-5-9-11-13-15-17-19-21-25-29(31-8-4,27-23-24-28-30-7-3)26-22-20-18-16-14-12-10-6-2/h7-8H,3-6,9-28H2,1-2H3. The topological polar surface area (TPSA) is 18.5 Å². The summed E-state index contributed by atoms with van der Waals surface area (Å²) < 4.78 is 11.6. The summed E-state index contributed by atoms with van der Waals surface area (Å²) in [5.41, 5.74) is -0.0135. The van der Waals surface area contributed by atoms with Crippen LogP contribution in [0.1, 0.15) is 149 Å². The zero-order valence-electron chi connectivity index (χ0n) is 21.4. The van der Waals surface area contributed by atoms with Crippen molar-refractivity contribution in [2.24, 2.45) is 0 Å². The van der Waals surface area contributed by atoms with E-state index in [1.165, 1.54) is 116 Å². The average Bonchev–Trinajstić information content (AvgIpc) is 2.77. The van der Waals surface area contributed by atoms with E-state index in [0.29, 0.717) is 0 Å². The van der Waals surface area contributed by atoms with Gasteiger partial charge in [-0.15, -0.1) is 0 Å². The number of rotatable bonds is 26.